The molecule has 172 valence electrons. The minimum absolute atomic E-state index is 0.122. The van der Waals surface area contributed by atoms with Crippen molar-refractivity contribution < 1.29 is 34.5 Å². The summed E-state index contributed by atoms with van der Waals surface area (Å²) in [6.07, 6.45) is 1.72. The van der Waals surface area contributed by atoms with Crippen molar-refractivity contribution in [1.82, 2.24) is 20.3 Å². The average Bonchev–Trinajstić information content (AvgIpc) is 3.16. The Morgan fingerprint density at radius 1 is 1.03 bits per heavy atom. The smallest absolute Gasteiger partial charge is 0.328 e. The van der Waals surface area contributed by atoms with E-state index in [-0.39, 0.29) is 31.4 Å². The lowest BCUT2D eigenvalue weighted by Gasteiger charge is -2.13. The number of nitrogen functional groups attached to an aromatic ring is 1. The highest BCUT2D eigenvalue weighted by atomic mass is 16.4. The van der Waals surface area contributed by atoms with E-state index in [1.54, 1.807) is 12.1 Å². The number of rotatable bonds is 13. The van der Waals surface area contributed by atoms with Gasteiger partial charge in [-0.05, 0) is 37.0 Å². The summed E-state index contributed by atoms with van der Waals surface area (Å²) in [5.41, 5.74) is 7.43. The Hall–Kier alpha value is -3.96. The predicted octanol–water partition coefficient (Wildman–Crippen LogP) is 0.486. The largest absolute Gasteiger partial charge is 0.481 e. The van der Waals surface area contributed by atoms with Gasteiger partial charge in [-0.2, -0.15) is 0 Å². The van der Waals surface area contributed by atoms with Crippen molar-refractivity contribution in [2.45, 2.75) is 50.6 Å². The molecule has 0 aliphatic rings. The number of carboxylic acid groups (broad SMARTS) is 3. The second kappa shape index (κ2) is 11.4. The number of nitrogens with one attached hydrogen (secondary N) is 1. The number of carboxylic acids is 3. The minimum atomic E-state index is -1.29. The van der Waals surface area contributed by atoms with Gasteiger partial charge in [0, 0.05) is 31.1 Å². The molecule has 12 nitrogen and oxygen atoms in total. The fraction of sp³-hybridized carbons (Fsp3) is 0.400. The Bertz CT molecular complexity index is 958. The summed E-state index contributed by atoms with van der Waals surface area (Å²) in [5.74, 6) is -4.15. The molecule has 1 aromatic heterocycles. The van der Waals surface area contributed by atoms with Gasteiger partial charge in [-0.3, -0.25) is 9.59 Å². The average molecular weight is 447 g/mol. The Morgan fingerprint density at radius 2 is 1.72 bits per heavy atom. The molecule has 2 unspecified atom stereocenters. The van der Waals surface area contributed by atoms with Crippen LogP contribution in [-0.2, 0) is 32.0 Å². The topological polar surface area (TPSA) is 198 Å². The van der Waals surface area contributed by atoms with Crippen molar-refractivity contribution in [3.8, 4) is 0 Å². The number of nitrogens with zero attached hydrogens (tertiary/aromatic N) is 3. The molecule has 0 spiro atoms. The normalized spacial score (nSPS) is 12.6. The zero-order valence-electron chi connectivity index (χ0n) is 17.2. The van der Waals surface area contributed by atoms with Crippen LogP contribution in [0.1, 0.15) is 43.0 Å². The van der Waals surface area contributed by atoms with E-state index in [1.165, 1.54) is 6.20 Å². The molecule has 0 fully saturated rings. The summed E-state index contributed by atoms with van der Waals surface area (Å²) in [6.45, 7) is 0. The molecule has 12 heteroatoms. The van der Waals surface area contributed by atoms with Gasteiger partial charge in [0.05, 0.1) is 5.69 Å². The van der Waals surface area contributed by atoms with Crippen molar-refractivity contribution in [1.29, 1.82) is 0 Å². The fourth-order valence-electron chi connectivity index (χ4n) is 3.00. The maximum atomic E-state index is 12.2. The summed E-state index contributed by atoms with van der Waals surface area (Å²) in [4.78, 5) is 45.8. The molecule has 0 bridgehead atoms. The quantitative estimate of drug-likeness (QED) is 0.269. The highest BCUT2D eigenvalue weighted by molar-refractivity contribution is 5.83. The van der Waals surface area contributed by atoms with Crippen LogP contribution in [0.15, 0.2) is 30.5 Å². The van der Waals surface area contributed by atoms with Gasteiger partial charge >= 0.3 is 17.9 Å². The maximum absolute atomic E-state index is 12.2. The number of benzene rings is 1. The van der Waals surface area contributed by atoms with Gasteiger partial charge in [0.25, 0.3) is 0 Å². The van der Waals surface area contributed by atoms with E-state index in [0.717, 1.165) is 10.2 Å². The molecule has 0 saturated carbocycles. The van der Waals surface area contributed by atoms with Crippen molar-refractivity contribution in [2.24, 2.45) is 0 Å². The van der Waals surface area contributed by atoms with E-state index in [4.69, 9.17) is 10.8 Å². The lowest BCUT2D eigenvalue weighted by molar-refractivity contribution is -0.143. The number of nitrogens with two attached hydrogens (primary N) is 1. The Balaban J connectivity index is 1.91. The number of carbonyl (C=O) groups is 4. The van der Waals surface area contributed by atoms with Crippen molar-refractivity contribution >= 4 is 29.5 Å². The van der Waals surface area contributed by atoms with Crippen LogP contribution in [0.2, 0.25) is 0 Å². The number of aliphatic carboxylic acids is 3. The molecule has 1 heterocycles. The maximum Gasteiger partial charge on any atom is 0.328 e. The second-order valence-electron chi connectivity index (χ2n) is 7.23. The Morgan fingerprint density at radius 3 is 2.31 bits per heavy atom. The van der Waals surface area contributed by atoms with Crippen LogP contribution in [-0.4, -0.2) is 60.2 Å². The van der Waals surface area contributed by atoms with Gasteiger partial charge in [-0.1, -0.05) is 17.3 Å². The third-order valence-electron chi connectivity index (χ3n) is 4.69. The molecule has 6 N–H and O–H groups in total. The number of carbonyl (C=O) groups excluding carboxylic acids is 1. The van der Waals surface area contributed by atoms with E-state index in [1.807, 2.05) is 12.1 Å². The number of hydrogen-bond donors (Lipinski definition) is 5. The van der Waals surface area contributed by atoms with Gasteiger partial charge in [0.2, 0.25) is 5.91 Å². The van der Waals surface area contributed by atoms with E-state index in [2.05, 4.69) is 15.6 Å². The summed E-state index contributed by atoms with van der Waals surface area (Å²) >= 11 is 0. The summed E-state index contributed by atoms with van der Waals surface area (Å²) in [5, 5.41) is 37.3. The molecule has 2 rings (SSSR count). The SMILES string of the molecule is Nc1ccc(CCCC(=O)NC(Cc2cn(C(CCC(=O)O)C(=O)O)nn2)C(=O)O)cc1. The molecule has 2 aromatic rings. The standard InChI is InChI=1S/C20H25N5O7/c21-13-6-4-12(5-7-13)2-1-3-17(26)22-15(19(29)30)10-14-11-25(24-23-14)16(20(31)32)8-9-18(27)28/h4-7,11,15-16H,1-3,8-10,21H2,(H,22,26)(H,27,28)(H,29,30)(H,31,32). The zero-order chi connectivity index (χ0) is 23.7. The van der Waals surface area contributed by atoms with Crippen LogP contribution in [0.25, 0.3) is 0 Å². The third-order valence-corrected chi connectivity index (χ3v) is 4.69. The fourth-order valence-corrected chi connectivity index (χ4v) is 3.00. The first-order chi connectivity index (χ1) is 15.2. The van der Waals surface area contributed by atoms with E-state index < -0.39 is 35.9 Å². The summed E-state index contributed by atoms with van der Waals surface area (Å²) < 4.78 is 0.980. The third kappa shape index (κ3) is 7.70. The first-order valence-corrected chi connectivity index (χ1v) is 9.87. The van der Waals surface area contributed by atoms with Crippen molar-refractivity contribution in [3.05, 3.63) is 41.7 Å². The van der Waals surface area contributed by atoms with Gasteiger partial charge in [-0.25, -0.2) is 14.3 Å². The van der Waals surface area contributed by atoms with Gasteiger partial charge < -0.3 is 26.4 Å². The Labute approximate surface area is 183 Å². The number of aryl methyl sites for hydroxylation is 1. The minimum Gasteiger partial charge on any atom is -0.481 e. The van der Waals surface area contributed by atoms with Crippen LogP contribution in [0.3, 0.4) is 0 Å². The predicted molar refractivity (Wildman–Crippen MR) is 111 cm³/mol. The van der Waals surface area contributed by atoms with Crippen molar-refractivity contribution in [2.75, 3.05) is 5.73 Å². The van der Waals surface area contributed by atoms with E-state index in [0.29, 0.717) is 18.5 Å². The lowest BCUT2D eigenvalue weighted by Crippen LogP contribution is -2.42. The number of hydrogen-bond acceptors (Lipinski definition) is 7. The number of aromatic nitrogens is 3. The molecule has 1 aromatic carbocycles. The molecule has 32 heavy (non-hydrogen) atoms. The first kappa shape index (κ1) is 24.3. The highest BCUT2D eigenvalue weighted by Gasteiger charge is 2.25. The first-order valence-electron chi connectivity index (χ1n) is 9.87. The Kier molecular flexibility index (Phi) is 8.69. The molecular formula is C20H25N5O7. The molecule has 0 radical (unpaired) electrons. The van der Waals surface area contributed by atoms with Crippen LogP contribution in [0, 0.1) is 0 Å². The zero-order valence-corrected chi connectivity index (χ0v) is 17.2. The van der Waals surface area contributed by atoms with Gasteiger partial charge in [0.1, 0.15) is 6.04 Å². The van der Waals surface area contributed by atoms with Crippen molar-refractivity contribution in [3.63, 3.8) is 0 Å². The molecule has 0 saturated heterocycles. The second-order valence-corrected chi connectivity index (χ2v) is 7.23. The van der Waals surface area contributed by atoms with Gasteiger partial charge in [-0.15, -0.1) is 5.10 Å². The highest BCUT2D eigenvalue weighted by Crippen LogP contribution is 2.14. The number of anilines is 1. The van der Waals surface area contributed by atoms with Crippen LogP contribution < -0.4 is 11.1 Å². The molecule has 1 amide bonds. The molecule has 2 atom stereocenters. The molecule has 0 aliphatic carbocycles. The van der Waals surface area contributed by atoms with Crippen LogP contribution in [0.5, 0.6) is 0 Å². The summed E-state index contributed by atoms with van der Waals surface area (Å²) in [7, 11) is 0. The number of amides is 1. The summed E-state index contributed by atoms with van der Waals surface area (Å²) in [6, 6.07) is 4.72. The van der Waals surface area contributed by atoms with Crippen LogP contribution in [0.4, 0.5) is 5.69 Å². The lowest BCUT2D eigenvalue weighted by atomic mass is 10.1. The monoisotopic (exact) mass is 447 g/mol. The van der Waals surface area contributed by atoms with Crippen LogP contribution >= 0.6 is 0 Å². The molecular weight excluding hydrogens is 422 g/mol. The van der Waals surface area contributed by atoms with E-state index >= 15 is 0 Å². The van der Waals surface area contributed by atoms with E-state index in [9.17, 15) is 29.4 Å². The molecule has 0 aliphatic heterocycles. The van der Waals surface area contributed by atoms with Gasteiger partial charge in [0.15, 0.2) is 6.04 Å².